The van der Waals surface area contributed by atoms with Gasteiger partial charge < -0.3 is 15.8 Å². The second-order valence-corrected chi connectivity index (χ2v) is 4.41. The molecule has 0 spiro atoms. The normalized spacial score (nSPS) is 15.4. The number of methoxy groups -OCH3 is 1. The number of ether oxygens (including phenoxy) is 1. The van der Waals surface area contributed by atoms with Crippen molar-refractivity contribution < 1.29 is 9.53 Å². The Labute approximate surface area is 113 Å². The molecular formula is C13H19ClN2O2. The minimum Gasteiger partial charge on any atom is -0.496 e. The molecule has 18 heavy (non-hydrogen) atoms. The van der Waals surface area contributed by atoms with Crippen molar-refractivity contribution in [2.75, 3.05) is 13.7 Å². The molecule has 0 saturated heterocycles. The van der Waals surface area contributed by atoms with Crippen molar-refractivity contribution >= 4 is 18.3 Å². The van der Waals surface area contributed by atoms with E-state index in [-0.39, 0.29) is 24.4 Å². The molecule has 1 aromatic carbocycles. The van der Waals surface area contributed by atoms with E-state index in [0.29, 0.717) is 23.8 Å². The van der Waals surface area contributed by atoms with Gasteiger partial charge in [0, 0.05) is 12.6 Å². The zero-order chi connectivity index (χ0) is 12.3. The number of hydrogen-bond acceptors (Lipinski definition) is 3. The molecule has 4 nitrogen and oxygen atoms in total. The average molecular weight is 271 g/mol. The molecule has 1 aliphatic rings. The Morgan fingerprint density at radius 3 is 2.78 bits per heavy atom. The first-order valence-corrected chi connectivity index (χ1v) is 5.89. The lowest BCUT2D eigenvalue weighted by atomic mass is 10.1. The van der Waals surface area contributed by atoms with Gasteiger partial charge in [0.1, 0.15) is 5.75 Å². The number of hydrogen-bond donors (Lipinski definition) is 2. The number of benzene rings is 1. The molecule has 2 rings (SSSR count). The monoisotopic (exact) mass is 270 g/mol. The lowest BCUT2D eigenvalue weighted by Gasteiger charge is -2.13. The number of rotatable bonds is 5. The molecule has 0 heterocycles. The van der Waals surface area contributed by atoms with Crippen LogP contribution < -0.4 is 15.8 Å². The van der Waals surface area contributed by atoms with Crippen molar-refractivity contribution in [3.63, 3.8) is 0 Å². The van der Waals surface area contributed by atoms with Crippen LogP contribution in [0.4, 0.5) is 0 Å². The van der Waals surface area contributed by atoms with E-state index >= 15 is 0 Å². The number of amides is 1. The molecule has 100 valence electrons. The fourth-order valence-electron chi connectivity index (χ4n) is 1.83. The molecule has 0 bridgehead atoms. The third-order valence-electron chi connectivity index (χ3n) is 3.08. The van der Waals surface area contributed by atoms with Crippen molar-refractivity contribution in [1.82, 2.24) is 5.32 Å². The minimum absolute atomic E-state index is 0. The predicted octanol–water partition coefficient (Wildman–Crippen LogP) is 1.58. The van der Waals surface area contributed by atoms with Gasteiger partial charge in [0.05, 0.1) is 12.7 Å². The van der Waals surface area contributed by atoms with E-state index in [2.05, 4.69) is 5.32 Å². The Morgan fingerprint density at radius 1 is 1.50 bits per heavy atom. The molecule has 1 atom stereocenters. The van der Waals surface area contributed by atoms with Crippen LogP contribution in [-0.4, -0.2) is 25.6 Å². The van der Waals surface area contributed by atoms with Gasteiger partial charge in [-0.1, -0.05) is 12.1 Å². The second kappa shape index (κ2) is 6.61. The van der Waals surface area contributed by atoms with Gasteiger partial charge in [-0.25, -0.2) is 0 Å². The van der Waals surface area contributed by atoms with Crippen molar-refractivity contribution in [3.8, 4) is 5.75 Å². The Morgan fingerprint density at radius 2 is 2.17 bits per heavy atom. The highest BCUT2D eigenvalue weighted by Crippen LogP contribution is 2.31. The largest absolute Gasteiger partial charge is 0.496 e. The van der Waals surface area contributed by atoms with Gasteiger partial charge >= 0.3 is 0 Å². The molecule has 3 N–H and O–H groups in total. The summed E-state index contributed by atoms with van der Waals surface area (Å²) in [7, 11) is 1.56. The molecular weight excluding hydrogens is 252 g/mol. The van der Waals surface area contributed by atoms with Gasteiger partial charge in [0.2, 0.25) is 0 Å². The standard InChI is InChI=1S/C13H18N2O2.ClH/c1-17-12-5-3-2-4-10(12)13(16)15-8-11(14)9-6-7-9;/h2-5,9,11H,6-8,14H2,1H3,(H,15,16);1H. The summed E-state index contributed by atoms with van der Waals surface area (Å²) in [6.07, 6.45) is 2.37. The van der Waals surface area contributed by atoms with Crippen LogP contribution in [0.2, 0.25) is 0 Å². The van der Waals surface area contributed by atoms with Crippen LogP contribution in [0.1, 0.15) is 23.2 Å². The maximum Gasteiger partial charge on any atom is 0.255 e. The smallest absolute Gasteiger partial charge is 0.255 e. The van der Waals surface area contributed by atoms with Crippen LogP contribution in [-0.2, 0) is 0 Å². The molecule has 0 aliphatic heterocycles. The lowest BCUT2D eigenvalue weighted by molar-refractivity contribution is 0.0947. The summed E-state index contributed by atoms with van der Waals surface area (Å²) >= 11 is 0. The number of nitrogens with one attached hydrogen (secondary N) is 1. The quantitative estimate of drug-likeness (QED) is 0.854. The Kier molecular flexibility index (Phi) is 5.44. The Hall–Kier alpha value is -1.26. The molecule has 0 aromatic heterocycles. The van der Waals surface area contributed by atoms with E-state index in [0.717, 1.165) is 0 Å². The highest BCUT2D eigenvalue weighted by molar-refractivity contribution is 5.96. The summed E-state index contributed by atoms with van der Waals surface area (Å²) in [4.78, 5) is 11.9. The van der Waals surface area contributed by atoms with E-state index in [9.17, 15) is 4.79 Å². The second-order valence-electron chi connectivity index (χ2n) is 4.41. The summed E-state index contributed by atoms with van der Waals surface area (Å²) < 4.78 is 5.14. The topological polar surface area (TPSA) is 64.3 Å². The molecule has 1 saturated carbocycles. The third-order valence-corrected chi connectivity index (χ3v) is 3.08. The van der Waals surface area contributed by atoms with Gasteiger partial charge in [0.15, 0.2) is 0 Å². The maximum absolute atomic E-state index is 11.9. The first-order chi connectivity index (χ1) is 8.22. The lowest BCUT2D eigenvalue weighted by Crippen LogP contribution is -2.38. The van der Waals surface area contributed by atoms with Crippen LogP contribution in [0.5, 0.6) is 5.75 Å². The fraction of sp³-hybridized carbons (Fsp3) is 0.462. The summed E-state index contributed by atoms with van der Waals surface area (Å²) in [6.45, 7) is 0.529. The van der Waals surface area contributed by atoms with Crippen LogP contribution in [0.25, 0.3) is 0 Å². The first kappa shape index (κ1) is 14.8. The maximum atomic E-state index is 11.9. The van der Waals surface area contributed by atoms with Gasteiger partial charge in [-0.2, -0.15) is 0 Å². The Bertz CT molecular complexity index is 408. The van der Waals surface area contributed by atoms with Crippen LogP contribution in [0.15, 0.2) is 24.3 Å². The molecule has 1 aromatic rings. The molecule has 1 fully saturated rings. The minimum atomic E-state index is -0.126. The summed E-state index contributed by atoms with van der Waals surface area (Å²) in [6, 6.07) is 7.25. The number of carbonyl (C=O) groups excluding carboxylic acids is 1. The third kappa shape index (κ3) is 3.62. The number of halogens is 1. The van der Waals surface area contributed by atoms with E-state index in [1.807, 2.05) is 12.1 Å². The zero-order valence-corrected chi connectivity index (χ0v) is 11.2. The van der Waals surface area contributed by atoms with E-state index in [1.54, 1.807) is 19.2 Å². The average Bonchev–Trinajstić information content (AvgIpc) is 3.19. The molecule has 1 unspecified atom stereocenters. The van der Waals surface area contributed by atoms with Gasteiger partial charge in [0.25, 0.3) is 5.91 Å². The zero-order valence-electron chi connectivity index (χ0n) is 10.4. The van der Waals surface area contributed by atoms with Crippen molar-refractivity contribution in [1.29, 1.82) is 0 Å². The summed E-state index contributed by atoms with van der Waals surface area (Å²) in [5.41, 5.74) is 6.48. The van der Waals surface area contributed by atoms with Crippen LogP contribution in [0.3, 0.4) is 0 Å². The first-order valence-electron chi connectivity index (χ1n) is 5.89. The number of para-hydroxylation sites is 1. The van der Waals surface area contributed by atoms with Crippen LogP contribution >= 0.6 is 12.4 Å². The van der Waals surface area contributed by atoms with Crippen molar-refractivity contribution in [2.45, 2.75) is 18.9 Å². The molecule has 0 radical (unpaired) electrons. The molecule has 5 heteroatoms. The molecule has 1 aliphatic carbocycles. The van der Waals surface area contributed by atoms with E-state index < -0.39 is 0 Å². The summed E-state index contributed by atoms with van der Waals surface area (Å²) in [5.74, 6) is 1.05. The van der Waals surface area contributed by atoms with E-state index in [4.69, 9.17) is 10.5 Å². The van der Waals surface area contributed by atoms with Gasteiger partial charge in [-0.15, -0.1) is 12.4 Å². The van der Waals surface area contributed by atoms with Crippen molar-refractivity contribution in [3.05, 3.63) is 29.8 Å². The SMILES string of the molecule is COc1ccccc1C(=O)NCC(N)C1CC1.Cl. The predicted molar refractivity (Wildman–Crippen MR) is 73.3 cm³/mol. The highest BCUT2D eigenvalue weighted by Gasteiger charge is 2.28. The van der Waals surface area contributed by atoms with Crippen LogP contribution in [0, 0.1) is 5.92 Å². The fourth-order valence-corrected chi connectivity index (χ4v) is 1.83. The summed E-state index contributed by atoms with van der Waals surface area (Å²) in [5, 5.41) is 2.85. The number of carbonyl (C=O) groups is 1. The van der Waals surface area contributed by atoms with Gasteiger partial charge in [-0.3, -0.25) is 4.79 Å². The van der Waals surface area contributed by atoms with E-state index in [1.165, 1.54) is 12.8 Å². The highest BCUT2D eigenvalue weighted by atomic mass is 35.5. The van der Waals surface area contributed by atoms with Gasteiger partial charge in [-0.05, 0) is 30.9 Å². The Balaban J connectivity index is 0.00000162. The molecule has 1 amide bonds. The van der Waals surface area contributed by atoms with Crippen molar-refractivity contribution in [2.24, 2.45) is 11.7 Å². The number of nitrogens with two attached hydrogens (primary N) is 1.